The van der Waals surface area contributed by atoms with Crippen molar-refractivity contribution in [2.45, 2.75) is 52.5 Å². The molecule has 0 saturated carbocycles. The maximum atomic E-state index is 4.48. The monoisotopic (exact) mass is 237 g/mol. The summed E-state index contributed by atoms with van der Waals surface area (Å²) < 4.78 is 2.13. The Hall–Kier alpha value is -0.830. The number of aromatic nitrogens is 2. The molecule has 1 aromatic heterocycles. The molecule has 0 aliphatic rings. The van der Waals surface area contributed by atoms with Gasteiger partial charge in [-0.05, 0) is 25.3 Å². The van der Waals surface area contributed by atoms with Gasteiger partial charge >= 0.3 is 0 Å². The minimum absolute atomic E-state index is 0.400. The molecular weight excluding hydrogens is 210 g/mol. The fourth-order valence-corrected chi connectivity index (χ4v) is 2.32. The van der Waals surface area contributed by atoms with E-state index in [4.69, 9.17) is 0 Å². The van der Waals surface area contributed by atoms with Crippen LogP contribution in [0, 0.1) is 5.92 Å². The maximum Gasteiger partial charge on any atom is 0.125 e. The van der Waals surface area contributed by atoms with E-state index in [0.717, 1.165) is 12.5 Å². The Morgan fingerprint density at radius 2 is 2.12 bits per heavy atom. The van der Waals surface area contributed by atoms with Crippen LogP contribution >= 0.6 is 0 Å². The lowest BCUT2D eigenvalue weighted by molar-refractivity contribution is 0.373. The molecule has 2 atom stereocenters. The van der Waals surface area contributed by atoms with Crippen molar-refractivity contribution >= 4 is 0 Å². The molecule has 0 radical (unpaired) electrons. The molecule has 0 aliphatic carbocycles. The summed E-state index contributed by atoms with van der Waals surface area (Å²) >= 11 is 0. The summed E-state index contributed by atoms with van der Waals surface area (Å²) in [5.74, 6) is 1.92. The number of imidazole rings is 1. The zero-order valence-corrected chi connectivity index (χ0v) is 11.7. The highest BCUT2D eigenvalue weighted by Crippen LogP contribution is 2.22. The zero-order valence-electron chi connectivity index (χ0n) is 11.7. The smallest absolute Gasteiger partial charge is 0.125 e. The van der Waals surface area contributed by atoms with Crippen LogP contribution in [0.1, 0.15) is 58.3 Å². The molecule has 0 saturated heterocycles. The highest BCUT2D eigenvalue weighted by atomic mass is 15.1. The van der Waals surface area contributed by atoms with Crippen LogP contribution in [-0.2, 0) is 7.05 Å². The number of nitrogens with one attached hydrogen (secondary N) is 1. The van der Waals surface area contributed by atoms with Crippen LogP contribution in [0.25, 0.3) is 0 Å². The van der Waals surface area contributed by atoms with Gasteiger partial charge < -0.3 is 9.88 Å². The summed E-state index contributed by atoms with van der Waals surface area (Å²) in [5, 5.41) is 3.62. The number of rotatable bonds is 8. The van der Waals surface area contributed by atoms with Crippen molar-refractivity contribution in [3.05, 3.63) is 18.2 Å². The van der Waals surface area contributed by atoms with Gasteiger partial charge in [0.15, 0.2) is 0 Å². The summed E-state index contributed by atoms with van der Waals surface area (Å²) in [6.07, 6.45) is 8.83. The second-order valence-electron chi connectivity index (χ2n) is 5.03. The van der Waals surface area contributed by atoms with Gasteiger partial charge in [-0.15, -0.1) is 0 Å². The van der Waals surface area contributed by atoms with Gasteiger partial charge in [0, 0.05) is 19.4 Å². The van der Waals surface area contributed by atoms with Crippen LogP contribution in [0.3, 0.4) is 0 Å². The molecule has 2 unspecified atom stereocenters. The molecule has 0 aliphatic heterocycles. The van der Waals surface area contributed by atoms with E-state index in [2.05, 4.69) is 42.7 Å². The number of hydrogen-bond donors (Lipinski definition) is 1. The second kappa shape index (κ2) is 7.49. The molecule has 1 N–H and O–H groups in total. The molecular formula is C14H27N3. The molecule has 17 heavy (non-hydrogen) atoms. The van der Waals surface area contributed by atoms with E-state index in [1.807, 2.05) is 12.4 Å². The average Bonchev–Trinajstić information content (AvgIpc) is 2.71. The van der Waals surface area contributed by atoms with Crippen LogP contribution in [0.5, 0.6) is 0 Å². The minimum Gasteiger partial charge on any atom is -0.337 e. The first kappa shape index (κ1) is 14.2. The first-order chi connectivity index (χ1) is 8.19. The van der Waals surface area contributed by atoms with Gasteiger partial charge in [0.2, 0.25) is 0 Å². The quantitative estimate of drug-likeness (QED) is 0.752. The third-order valence-electron chi connectivity index (χ3n) is 3.23. The fraction of sp³-hybridized carbons (Fsp3) is 0.786. The normalized spacial score (nSPS) is 14.8. The summed E-state index contributed by atoms with van der Waals surface area (Å²) in [4.78, 5) is 4.48. The van der Waals surface area contributed by atoms with E-state index in [0.29, 0.717) is 6.04 Å². The standard InChI is InChI=1S/C14H27N3/c1-5-7-12(3)11-13(15-8-6-2)14-16-9-10-17(14)4/h9-10,12-13,15H,5-8,11H2,1-4H3. The molecule has 1 rings (SSSR count). The first-order valence-electron chi connectivity index (χ1n) is 6.89. The van der Waals surface area contributed by atoms with E-state index in [1.54, 1.807) is 0 Å². The predicted octanol–water partition coefficient (Wildman–Crippen LogP) is 3.29. The molecule has 0 fully saturated rings. The van der Waals surface area contributed by atoms with Gasteiger partial charge in [-0.1, -0.05) is 33.6 Å². The molecule has 3 nitrogen and oxygen atoms in total. The Kier molecular flexibility index (Phi) is 6.27. The van der Waals surface area contributed by atoms with Crippen molar-refractivity contribution in [1.29, 1.82) is 0 Å². The van der Waals surface area contributed by atoms with Crippen LogP contribution in [0.4, 0.5) is 0 Å². The molecule has 3 heteroatoms. The van der Waals surface area contributed by atoms with Crippen molar-refractivity contribution in [1.82, 2.24) is 14.9 Å². The van der Waals surface area contributed by atoms with Gasteiger partial charge in [-0.3, -0.25) is 0 Å². The molecule has 0 bridgehead atoms. The van der Waals surface area contributed by atoms with Gasteiger partial charge in [0.25, 0.3) is 0 Å². The second-order valence-corrected chi connectivity index (χ2v) is 5.03. The maximum absolute atomic E-state index is 4.48. The first-order valence-corrected chi connectivity index (χ1v) is 6.89. The summed E-state index contributed by atoms with van der Waals surface area (Å²) in [7, 11) is 2.08. The van der Waals surface area contributed by atoms with E-state index >= 15 is 0 Å². The lowest BCUT2D eigenvalue weighted by Crippen LogP contribution is -2.26. The highest BCUT2D eigenvalue weighted by Gasteiger charge is 2.17. The third-order valence-corrected chi connectivity index (χ3v) is 3.23. The topological polar surface area (TPSA) is 29.9 Å². The van der Waals surface area contributed by atoms with Crippen LogP contribution in [-0.4, -0.2) is 16.1 Å². The summed E-state index contributed by atoms with van der Waals surface area (Å²) in [6, 6.07) is 0.400. The lowest BCUT2D eigenvalue weighted by Gasteiger charge is -2.21. The number of aryl methyl sites for hydroxylation is 1. The van der Waals surface area contributed by atoms with E-state index < -0.39 is 0 Å². The van der Waals surface area contributed by atoms with Gasteiger partial charge in [-0.2, -0.15) is 0 Å². The van der Waals surface area contributed by atoms with Gasteiger partial charge in [-0.25, -0.2) is 4.98 Å². The van der Waals surface area contributed by atoms with Crippen LogP contribution in [0.15, 0.2) is 12.4 Å². The SMILES string of the molecule is CCCNC(CC(C)CCC)c1nccn1C. The molecule has 1 aromatic rings. The molecule has 1 heterocycles. The summed E-state index contributed by atoms with van der Waals surface area (Å²) in [6.45, 7) is 7.87. The van der Waals surface area contributed by atoms with Crippen molar-refractivity contribution < 1.29 is 0 Å². The molecule has 0 aromatic carbocycles. The third kappa shape index (κ3) is 4.50. The Labute approximate surface area is 106 Å². The zero-order chi connectivity index (χ0) is 12.7. The van der Waals surface area contributed by atoms with E-state index in [1.165, 1.54) is 31.5 Å². The number of nitrogens with zero attached hydrogens (tertiary/aromatic N) is 2. The van der Waals surface area contributed by atoms with Gasteiger partial charge in [0.1, 0.15) is 5.82 Å². The minimum atomic E-state index is 0.400. The van der Waals surface area contributed by atoms with E-state index in [9.17, 15) is 0 Å². The Morgan fingerprint density at radius 3 is 2.65 bits per heavy atom. The Bertz CT molecular complexity index is 306. The average molecular weight is 237 g/mol. The fourth-order valence-electron chi connectivity index (χ4n) is 2.32. The van der Waals surface area contributed by atoms with E-state index in [-0.39, 0.29) is 0 Å². The Morgan fingerprint density at radius 1 is 1.35 bits per heavy atom. The molecule has 98 valence electrons. The largest absolute Gasteiger partial charge is 0.337 e. The molecule has 0 amide bonds. The Balaban J connectivity index is 2.63. The van der Waals surface area contributed by atoms with Crippen molar-refractivity contribution in [2.24, 2.45) is 13.0 Å². The summed E-state index contributed by atoms with van der Waals surface area (Å²) in [5.41, 5.74) is 0. The predicted molar refractivity (Wildman–Crippen MR) is 72.9 cm³/mol. The van der Waals surface area contributed by atoms with Crippen LogP contribution in [0.2, 0.25) is 0 Å². The molecule has 0 spiro atoms. The van der Waals surface area contributed by atoms with Crippen LogP contribution < -0.4 is 5.32 Å². The van der Waals surface area contributed by atoms with Crippen molar-refractivity contribution in [2.75, 3.05) is 6.54 Å². The van der Waals surface area contributed by atoms with Crippen molar-refractivity contribution in [3.63, 3.8) is 0 Å². The van der Waals surface area contributed by atoms with Crippen molar-refractivity contribution in [3.8, 4) is 0 Å². The lowest BCUT2D eigenvalue weighted by atomic mass is 9.96. The number of hydrogen-bond acceptors (Lipinski definition) is 2. The highest BCUT2D eigenvalue weighted by molar-refractivity contribution is 4.99. The van der Waals surface area contributed by atoms with Gasteiger partial charge in [0.05, 0.1) is 6.04 Å².